The Kier molecular flexibility index (Phi) is 9.35. The first-order valence-corrected chi connectivity index (χ1v) is 5.81. The Hall–Kier alpha value is -0.120. The molecular formula is C11H26N2O. The number of nitrogens with two attached hydrogens (primary N) is 1. The quantitative estimate of drug-likeness (QED) is 0.575. The molecule has 0 rings (SSSR count). The van der Waals surface area contributed by atoms with Gasteiger partial charge in [-0.25, -0.2) is 0 Å². The van der Waals surface area contributed by atoms with E-state index in [9.17, 15) is 0 Å². The molecule has 0 aliphatic heterocycles. The Morgan fingerprint density at radius 2 is 2.00 bits per heavy atom. The topological polar surface area (TPSA) is 38.5 Å². The van der Waals surface area contributed by atoms with E-state index in [1.54, 1.807) is 0 Å². The van der Waals surface area contributed by atoms with Gasteiger partial charge in [-0.05, 0) is 19.9 Å². The molecule has 0 radical (unpaired) electrons. The third-order valence-electron chi connectivity index (χ3n) is 2.54. The van der Waals surface area contributed by atoms with Gasteiger partial charge in [0, 0.05) is 25.7 Å². The molecule has 0 aliphatic carbocycles. The second kappa shape index (κ2) is 9.44. The van der Waals surface area contributed by atoms with Gasteiger partial charge in [-0.1, -0.05) is 20.3 Å². The van der Waals surface area contributed by atoms with E-state index in [0.29, 0.717) is 6.04 Å². The first kappa shape index (κ1) is 13.9. The highest BCUT2D eigenvalue weighted by atomic mass is 16.5. The Balaban J connectivity index is 3.81. The van der Waals surface area contributed by atoms with Crippen LogP contribution in [0.25, 0.3) is 0 Å². The zero-order valence-electron chi connectivity index (χ0n) is 9.96. The molecule has 3 nitrogen and oxygen atoms in total. The lowest BCUT2D eigenvalue weighted by atomic mass is 10.1. The molecule has 14 heavy (non-hydrogen) atoms. The summed E-state index contributed by atoms with van der Waals surface area (Å²) in [6.07, 6.45) is 2.39. The summed E-state index contributed by atoms with van der Waals surface area (Å²) in [7, 11) is 0. The Morgan fingerprint density at radius 3 is 2.43 bits per heavy atom. The van der Waals surface area contributed by atoms with Crippen molar-refractivity contribution in [1.29, 1.82) is 0 Å². The average molecular weight is 202 g/mol. The summed E-state index contributed by atoms with van der Waals surface area (Å²) in [5.41, 5.74) is 5.76. The van der Waals surface area contributed by atoms with Crippen molar-refractivity contribution < 1.29 is 4.74 Å². The van der Waals surface area contributed by atoms with Gasteiger partial charge < -0.3 is 10.5 Å². The van der Waals surface area contributed by atoms with Crippen molar-refractivity contribution in [2.75, 3.05) is 32.8 Å². The van der Waals surface area contributed by atoms with Crippen LogP contribution in [0.2, 0.25) is 0 Å². The zero-order chi connectivity index (χ0) is 10.8. The van der Waals surface area contributed by atoms with Crippen molar-refractivity contribution in [1.82, 2.24) is 4.90 Å². The molecule has 0 aromatic carbocycles. The average Bonchev–Trinajstić information content (AvgIpc) is 2.22. The van der Waals surface area contributed by atoms with E-state index in [-0.39, 0.29) is 0 Å². The minimum absolute atomic E-state index is 0.533. The fourth-order valence-electron chi connectivity index (χ4n) is 1.71. The van der Waals surface area contributed by atoms with Gasteiger partial charge in [-0.3, -0.25) is 4.90 Å². The lowest BCUT2D eigenvalue weighted by Crippen LogP contribution is -2.42. The van der Waals surface area contributed by atoms with Gasteiger partial charge in [0.05, 0.1) is 6.61 Å². The van der Waals surface area contributed by atoms with E-state index in [1.807, 2.05) is 6.92 Å². The SMILES string of the molecule is CCCC(CN)N(CC)CCOCC. The van der Waals surface area contributed by atoms with Gasteiger partial charge in [0.2, 0.25) is 0 Å². The van der Waals surface area contributed by atoms with Crippen molar-refractivity contribution in [3.8, 4) is 0 Å². The normalized spacial score (nSPS) is 13.5. The van der Waals surface area contributed by atoms with Crippen LogP contribution >= 0.6 is 0 Å². The lowest BCUT2D eigenvalue weighted by Gasteiger charge is -2.29. The Bertz CT molecular complexity index is 120. The smallest absolute Gasteiger partial charge is 0.0593 e. The third-order valence-corrected chi connectivity index (χ3v) is 2.54. The van der Waals surface area contributed by atoms with E-state index in [0.717, 1.165) is 32.8 Å². The fraction of sp³-hybridized carbons (Fsp3) is 1.00. The molecule has 0 saturated heterocycles. The van der Waals surface area contributed by atoms with E-state index in [4.69, 9.17) is 10.5 Å². The molecule has 0 aromatic heterocycles. The highest BCUT2D eigenvalue weighted by Gasteiger charge is 2.13. The van der Waals surface area contributed by atoms with Gasteiger partial charge in [-0.15, -0.1) is 0 Å². The Labute approximate surface area is 88.6 Å². The highest BCUT2D eigenvalue weighted by Crippen LogP contribution is 2.05. The van der Waals surface area contributed by atoms with Crippen LogP contribution in [0.4, 0.5) is 0 Å². The highest BCUT2D eigenvalue weighted by molar-refractivity contribution is 4.70. The molecule has 0 bridgehead atoms. The molecule has 0 heterocycles. The second-order valence-electron chi connectivity index (χ2n) is 3.50. The summed E-state index contributed by atoms with van der Waals surface area (Å²) in [6.45, 7) is 10.9. The summed E-state index contributed by atoms with van der Waals surface area (Å²) < 4.78 is 5.36. The van der Waals surface area contributed by atoms with Crippen LogP contribution in [0.1, 0.15) is 33.6 Å². The number of nitrogens with zero attached hydrogens (tertiary/aromatic N) is 1. The molecule has 1 unspecified atom stereocenters. The van der Waals surface area contributed by atoms with Crippen LogP contribution < -0.4 is 5.73 Å². The van der Waals surface area contributed by atoms with E-state index >= 15 is 0 Å². The van der Waals surface area contributed by atoms with E-state index in [1.165, 1.54) is 12.8 Å². The lowest BCUT2D eigenvalue weighted by molar-refractivity contribution is 0.0957. The summed E-state index contributed by atoms with van der Waals surface area (Å²) >= 11 is 0. The molecule has 0 aromatic rings. The van der Waals surface area contributed by atoms with E-state index < -0.39 is 0 Å². The predicted octanol–water partition coefficient (Wildman–Crippen LogP) is 1.47. The van der Waals surface area contributed by atoms with Crippen molar-refractivity contribution >= 4 is 0 Å². The number of hydrogen-bond donors (Lipinski definition) is 1. The molecule has 0 spiro atoms. The maximum atomic E-state index is 5.76. The summed E-state index contributed by atoms with van der Waals surface area (Å²) in [6, 6.07) is 0.533. The summed E-state index contributed by atoms with van der Waals surface area (Å²) in [5.74, 6) is 0. The molecule has 3 heteroatoms. The van der Waals surface area contributed by atoms with Gasteiger partial charge in [0.15, 0.2) is 0 Å². The molecule has 86 valence electrons. The predicted molar refractivity (Wildman–Crippen MR) is 61.5 cm³/mol. The van der Waals surface area contributed by atoms with Crippen molar-refractivity contribution in [3.05, 3.63) is 0 Å². The van der Waals surface area contributed by atoms with Gasteiger partial charge in [0.1, 0.15) is 0 Å². The molecule has 0 aliphatic rings. The Morgan fingerprint density at radius 1 is 1.29 bits per heavy atom. The molecule has 0 fully saturated rings. The molecule has 0 saturated carbocycles. The summed E-state index contributed by atoms with van der Waals surface area (Å²) in [4.78, 5) is 2.42. The van der Waals surface area contributed by atoms with Crippen LogP contribution in [0, 0.1) is 0 Å². The third kappa shape index (κ3) is 5.58. The maximum Gasteiger partial charge on any atom is 0.0593 e. The summed E-state index contributed by atoms with van der Waals surface area (Å²) in [5, 5.41) is 0. The second-order valence-corrected chi connectivity index (χ2v) is 3.50. The largest absolute Gasteiger partial charge is 0.380 e. The van der Waals surface area contributed by atoms with Crippen LogP contribution in [-0.4, -0.2) is 43.8 Å². The fourth-order valence-corrected chi connectivity index (χ4v) is 1.71. The minimum Gasteiger partial charge on any atom is -0.380 e. The molecule has 2 N–H and O–H groups in total. The number of hydrogen-bond acceptors (Lipinski definition) is 3. The van der Waals surface area contributed by atoms with Crippen molar-refractivity contribution in [2.24, 2.45) is 5.73 Å². The van der Waals surface area contributed by atoms with Crippen LogP contribution in [0.15, 0.2) is 0 Å². The number of ether oxygens (including phenoxy) is 1. The molecule has 0 amide bonds. The van der Waals surface area contributed by atoms with Crippen molar-refractivity contribution in [2.45, 2.75) is 39.7 Å². The first-order chi connectivity index (χ1) is 6.79. The number of rotatable bonds is 9. The first-order valence-electron chi connectivity index (χ1n) is 5.81. The number of likely N-dealkylation sites (N-methyl/N-ethyl adjacent to an activating group) is 1. The standard InChI is InChI=1S/C11H26N2O/c1-4-7-11(10-12)13(5-2)8-9-14-6-3/h11H,4-10,12H2,1-3H3. The minimum atomic E-state index is 0.533. The molecule has 1 atom stereocenters. The van der Waals surface area contributed by atoms with Crippen LogP contribution in [0.3, 0.4) is 0 Å². The van der Waals surface area contributed by atoms with Gasteiger partial charge in [0.25, 0.3) is 0 Å². The zero-order valence-corrected chi connectivity index (χ0v) is 9.96. The molecular weight excluding hydrogens is 176 g/mol. The van der Waals surface area contributed by atoms with Crippen LogP contribution in [0.5, 0.6) is 0 Å². The monoisotopic (exact) mass is 202 g/mol. The van der Waals surface area contributed by atoms with E-state index in [2.05, 4.69) is 18.7 Å². The van der Waals surface area contributed by atoms with Crippen molar-refractivity contribution in [3.63, 3.8) is 0 Å². The van der Waals surface area contributed by atoms with Gasteiger partial charge in [-0.2, -0.15) is 0 Å². The van der Waals surface area contributed by atoms with Gasteiger partial charge >= 0.3 is 0 Å². The maximum absolute atomic E-state index is 5.76. The van der Waals surface area contributed by atoms with Crippen LogP contribution in [-0.2, 0) is 4.74 Å².